The largest absolute Gasteiger partial charge is 0.360 e. The average molecular weight is 310 g/mol. The fraction of sp³-hybridized carbons (Fsp3) is 0.0588. The second-order valence-corrected chi connectivity index (χ2v) is 5.50. The van der Waals surface area contributed by atoms with Gasteiger partial charge in [0.2, 0.25) is 0 Å². The normalized spacial score (nSPS) is 11.2. The molecule has 4 aromatic rings. The summed E-state index contributed by atoms with van der Waals surface area (Å²) in [7, 11) is 0. The van der Waals surface area contributed by atoms with Gasteiger partial charge in [-0.05, 0) is 19.1 Å². The van der Waals surface area contributed by atoms with Crippen molar-refractivity contribution in [1.82, 2.24) is 14.5 Å². The Bertz CT molecular complexity index is 957. The van der Waals surface area contributed by atoms with Crippen LogP contribution in [0.15, 0.2) is 59.4 Å². The van der Waals surface area contributed by atoms with E-state index in [-0.39, 0.29) is 0 Å². The van der Waals surface area contributed by atoms with Crippen LogP contribution in [0.3, 0.4) is 0 Å². The highest BCUT2D eigenvalue weighted by Gasteiger charge is 2.19. The number of hydrogen-bond donors (Lipinski definition) is 0. The molecule has 0 bridgehead atoms. The van der Waals surface area contributed by atoms with Crippen LogP contribution < -0.4 is 0 Å². The van der Waals surface area contributed by atoms with Gasteiger partial charge in [0.05, 0.1) is 16.3 Å². The van der Waals surface area contributed by atoms with Gasteiger partial charge in [-0.25, -0.2) is 4.98 Å². The lowest BCUT2D eigenvalue weighted by molar-refractivity contribution is 0.400. The molecular weight excluding hydrogens is 298 g/mol. The molecule has 0 aliphatic carbocycles. The molecule has 0 atom stereocenters. The van der Waals surface area contributed by atoms with E-state index < -0.39 is 0 Å². The Morgan fingerprint density at radius 2 is 1.86 bits per heavy atom. The lowest BCUT2D eigenvalue weighted by Crippen LogP contribution is -1.83. The minimum Gasteiger partial charge on any atom is -0.360 e. The van der Waals surface area contributed by atoms with Crippen LogP contribution in [0.5, 0.6) is 0 Å². The molecule has 108 valence electrons. The van der Waals surface area contributed by atoms with Crippen LogP contribution in [-0.4, -0.2) is 14.5 Å². The molecule has 3 aromatic heterocycles. The van der Waals surface area contributed by atoms with Crippen molar-refractivity contribution >= 4 is 17.2 Å². The zero-order valence-electron chi connectivity index (χ0n) is 11.8. The summed E-state index contributed by atoms with van der Waals surface area (Å²) in [6.45, 7) is 1.89. The SMILES string of the molecule is Cc1onc(-c2ccccc2)c1-c1cn2cc(Cl)ccc2n1. The Kier molecular flexibility index (Phi) is 2.98. The van der Waals surface area contributed by atoms with Crippen LogP contribution in [0.1, 0.15) is 5.76 Å². The average Bonchev–Trinajstić information content (AvgIpc) is 3.10. The van der Waals surface area contributed by atoms with E-state index in [1.807, 2.05) is 66.2 Å². The summed E-state index contributed by atoms with van der Waals surface area (Å²) in [6, 6.07) is 13.7. The molecule has 3 heterocycles. The van der Waals surface area contributed by atoms with Gasteiger partial charge in [0.25, 0.3) is 0 Å². The Labute approximate surface area is 132 Å². The molecule has 5 heteroatoms. The fourth-order valence-electron chi connectivity index (χ4n) is 2.55. The zero-order valence-corrected chi connectivity index (χ0v) is 12.6. The number of aromatic nitrogens is 3. The lowest BCUT2D eigenvalue weighted by Gasteiger charge is -1.99. The summed E-state index contributed by atoms with van der Waals surface area (Å²) < 4.78 is 7.30. The van der Waals surface area contributed by atoms with Crippen LogP contribution in [0.2, 0.25) is 5.02 Å². The number of pyridine rings is 1. The van der Waals surface area contributed by atoms with Crippen molar-refractivity contribution in [3.8, 4) is 22.5 Å². The maximum absolute atomic E-state index is 6.03. The van der Waals surface area contributed by atoms with Crippen molar-refractivity contribution in [2.24, 2.45) is 0 Å². The van der Waals surface area contributed by atoms with Gasteiger partial charge >= 0.3 is 0 Å². The highest BCUT2D eigenvalue weighted by molar-refractivity contribution is 6.30. The third-order valence-electron chi connectivity index (χ3n) is 3.58. The van der Waals surface area contributed by atoms with Crippen molar-refractivity contribution in [3.05, 3.63) is 65.6 Å². The highest BCUT2D eigenvalue weighted by Crippen LogP contribution is 2.33. The first kappa shape index (κ1) is 13.1. The molecule has 1 aromatic carbocycles. The number of hydrogen-bond acceptors (Lipinski definition) is 3. The minimum atomic E-state index is 0.668. The first-order valence-corrected chi connectivity index (χ1v) is 7.26. The first-order valence-electron chi connectivity index (χ1n) is 6.89. The third kappa shape index (κ3) is 2.09. The topological polar surface area (TPSA) is 43.3 Å². The fourth-order valence-corrected chi connectivity index (χ4v) is 2.72. The van der Waals surface area contributed by atoms with Gasteiger partial charge in [0, 0.05) is 18.0 Å². The van der Waals surface area contributed by atoms with Crippen molar-refractivity contribution in [1.29, 1.82) is 0 Å². The molecule has 0 saturated heterocycles. The van der Waals surface area contributed by atoms with Crippen LogP contribution >= 0.6 is 11.6 Å². The van der Waals surface area contributed by atoms with E-state index in [9.17, 15) is 0 Å². The number of halogens is 1. The highest BCUT2D eigenvalue weighted by atomic mass is 35.5. The summed E-state index contributed by atoms with van der Waals surface area (Å²) >= 11 is 6.03. The van der Waals surface area contributed by atoms with Crippen molar-refractivity contribution in [2.45, 2.75) is 6.92 Å². The Morgan fingerprint density at radius 1 is 1.05 bits per heavy atom. The number of rotatable bonds is 2. The molecule has 4 nitrogen and oxygen atoms in total. The second-order valence-electron chi connectivity index (χ2n) is 5.07. The van der Waals surface area contributed by atoms with Gasteiger partial charge < -0.3 is 8.92 Å². The van der Waals surface area contributed by atoms with E-state index in [1.165, 1.54) is 0 Å². The molecule has 0 N–H and O–H groups in total. The van der Waals surface area contributed by atoms with Crippen LogP contribution in [0.4, 0.5) is 0 Å². The summed E-state index contributed by atoms with van der Waals surface area (Å²) in [6.07, 6.45) is 3.77. The molecule has 0 radical (unpaired) electrons. The van der Waals surface area contributed by atoms with E-state index in [4.69, 9.17) is 16.1 Å². The molecule has 0 fully saturated rings. The van der Waals surface area contributed by atoms with Crippen LogP contribution in [0, 0.1) is 6.92 Å². The molecule has 0 unspecified atom stereocenters. The van der Waals surface area contributed by atoms with Gasteiger partial charge in [-0.15, -0.1) is 0 Å². The van der Waals surface area contributed by atoms with E-state index in [0.717, 1.165) is 33.9 Å². The second kappa shape index (κ2) is 5.00. The molecule has 0 saturated carbocycles. The van der Waals surface area contributed by atoms with Crippen molar-refractivity contribution in [2.75, 3.05) is 0 Å². The summed E-state index contributed by atoms with van der Waals surface area (Å²) in [4.78, 5) is 4.65. The van der Waals surface area contributed by atoms with Gasteiger partial charge in [0.1, 0.15) is 17.1 Å². The number of benzene rings is 1. The third-order valence-corrected chi connectivity index (χ3v) is 3.80. The number of fused-ring (bicyclic) bond motifs is 1. The number of imidazole rings is 1. The molecule has 0 aliphatic heterocycles. The summed E-state index contributed by atoms with van der Waals surface area (Å²) in [5.74, 6) is 0.744. The standard InChI is InChI=1S/C17H12ClN3O/c1-11-16(17(20-22-11)12-5-3-2-4-6-12)14-10-21-9-13(18)7-8-15(21)19-14/h2-10H,1H3. The zero-order chi connectivity index (χ0) is 15.1. The predicted octanol–water partition coefficient (Wildman–Crippen LogP) is 4.62. The van der Waals surface area contributed by atoms with Crippen molar-refractivity contribution in [3.63, 3.8) is 0 Å². The maximum Gasteiger partial charge on any atom is 0.143 e. The summed E-state index contributed by atoms with van der Waals surface area (Å²) in [5.41, 5.74) is 4.36. The maximum atomic E-state index is 6.03. The quantitative estimate of drug-likeness (QED) is 0.542. The Balaban J connectivity index is 1.93. The lowest BCUT2D eigenvalue weighted by atomic mass is 10.0. The molecule has 0 amide bonds. The van der Waals surface area contributed by atoms with E-state index in [1.54, 1.807) is 0 Å². The monoisotopic (exact) mass is 309 g/mol. The van der Waals surface area contributed by atoms with Gasteiger partial charge in [-0.3, -0.25) is 0 Å². The van der Waals surface area contributed by atoms with Crippen LogP contribution in [-0.2, 0) is 0 Å². The summed E-state index contributed by atoms with van der Waals surface area (Å²) in [5, 5.41) is 4.87. The predicted molar refractivity (Wildman–Crippen MR) is 85.9 cm³/mol. The van der Waals surface area contributed by atoms with Gasteiger partial charge in [-0.2, -0.15) is 0 Å². The molecule has 0 spiro atoms. The molecule has 22 heavy (non-hydrogen) atoms. The molecular formula is C17H12ClN3O. The Hall–Kier alpha value is -2.59. The van der Waals surface area contributed by atoms with Gasteiger partial charge in [-0.1, -0.05) is 47.1 Å². The van der Waals surface area contributed by atoms with E-state index in [0.29, 0.717) is 5.02 Å². The minimum absolute atomic E-state index is 0.668. The number of nitrogens with zero attached hydrogens (tertiary/aromatic N) is 3. The molecule has 4 rings (SSSR count). The van der Waals surface area contributed by atoms with Crippen LogP contribution in [0.25, 0.3) is 28.2 Å². The first-order chi connectivity index (χ1) is 10.7. The molecule has 0 aliphatic rings. The Morgan fingerprint density at radius 3 is 2.68 bits per heavy atom. The van der Waals surface area contributed by atoms with Gasteiger partial charge in [0.15, 0.2) is 0 Å². The number of aryl methyl sites for hydroxylation is 1. The van der Waals surface area contributed by atoms with E-state index >= 15 is 0 Å². The van der Waals surface area contributed by atoms with E-state index in [2.05, 4.69) is 10.1 Å². The smallest absolute Gasteiger partial charge is 0.143 e. The van der Waals surface area contributed by atoms with Crippen molar-refractivity contribution < 1.29 is 4.52 Å².